The van der Waals surface area contributed by atoms with E-state index in [0.717, 1.165) is 0 Å². The summed E-state index contributed by atoms with van der Waals surface area (Å²) in [5.41, 5.74) is 5.58. The topological polar surface area (TPSA) is 72.6 Å². The highest BCUT2D eigenvalue weighted by Gasteiger charge is 2.37. The average Bonchev–Trinajstić information content (AvgIpc) is 2.73. The van der Waals surface area contributed by atoms with Crippen LogP contribution in [0.3, 0.4) is 0 Å². The summed E-state index contributed by atoms with van der Waals surface area (Å²) in [6, 6.07) is 4.47. The summed E-state index contributed by atoms with van der Waals surface area (Å²) in [5, 5.41) is 0. The van der Waals surface area contributed by atoms with Crippen LogP contribution in [-0.4, -0.2) is 24.6 Å². The standard InChI is InChI=1S/C12H12FIN2O3/c1-6(11(15)17)10-5-16(12(18)19-10)7-2-3-9(14)8(13)4-7/h2-4,6,10H,5H2,1H3,(H2,15,17)/t6-,10?/m0/s1. The van der Waals surface area contributed by atoms with Crippen molar-refractivity contribution < 1.29 is 18.7 Å². The van der Waals surface area contributed by atoms with Crippen LogP contribution in [0.2, 0.25) is 0 Å². The van der Waals surface area contributed by atoms with Gasteiger partial charge in [-0.3, -0.25) is 9.69 Å². The molecule has 1 unspecified atom stereocenters. The molecule has 5 nitrogen and oxygen atoms in total. The summed E-state index contributed by atoms with van der Waals surface area (Å²) >= 11 is 1.86. The SMILES string of the molecule is C[C@H](C(N)=O)C1CN(c2ccc(I)c(F)c2)C(=O)O1. The van der Waals surface area contributed by atoms with Gasteiger partial charge in [0.2, 0.25) is 5.91 Å². The number of nitrogens with two attached hydrogens (primary N) is 1. The molecule has 0 aliphatic carbocycles. The van der Waals surface area contributed by atoms with E-state index in [1.807, 2.05) is 22.6 Å². The third-order valence-electron chi connectivity index (χ3n) is 3.06. The first-order valence-corrected chi connectivity index (χ1v) is 6.70. The normalized spacial score (nSPS) is 20.3. The Morgan fingerprint density at radius 2 is 2.32 bits per heavy atom. The molecule has 2 N–H and O–H groups in total. The number of primary amides is 1. The number of benzene rings is 1. The number of halogens is 2. The van der Waals surface area contributed by atoms with E-state index in [0.29, 0.717) is 9.26 Å². The highest BCUT2D eigenvalue weighted by Crippen LogP contribution is 2.26. The third kappa shape index (κ3) is 2.80. The summed E-state index contributed by atoms with van der Waals surface area (Å²) < 4.78 is 19.0. The van der Waals surface area contributed by atoms with Crippen molar-refractivity contribution in [3.63, 3.8) is 0 Å². The van der Waals surface area contributed by atoms with E-state index < -0.39 is 29.8 Å². The molecule has 1 aromatic rings. The second-order valence-corrected chi connectivity index (χ2v) is 5.48. The summed E-state index contributed by atoms with van der Waals surface area (Å²) in [5.74, 6) is -1.52. The molecule has 2 atom stereocenters. The fraction of sp³-hybridized carbons (Fsp3) is 0.333. The van der Waals surface area contributed by atoms with Crippen molar-refractivity contribution in [1.29, 1.82) is 0 Å². The Hall–Kier alpha value is -1.38. The van der Waals surface area contributed by atoms with Crippen LogP contribution in [0.5, 0.6) is 0 Å². The molecule has 102 valence electrons. The van der Waals surface area contributed by atoms with Crippen LogP contribution in [0.15, 0.2) is 18.2 Å². The van der Waals surface area contributed by atoms with Gasteiger partial charge in [0.25, 0.3) is 0 Å². The smallest absolute Gasteiger partial charge is 0.414 e. The lowest BCUT2D eigenvalue weighted by Gasteiger charge is -2.15. The molecule has 7 heteroatoms. The molecule has 1 saturated heterocycles. The van der Waals surface area contributed by atoms with Gasteiger partial charge in [-0.15, -0.1) is 0 Å². The molecule has 0 spiro atoms. The van der Waals surface area contributed by atoms with E-state index in [4.69, 9.17) is 10.5 Å². The minimum atomic E-state index is -0.604. The monoisotopic (exact) mass is 378 g/mol. The zero-order valence-corrected chi connectivity index (χ0v) is 12.3. The van der Waals surface area contributed by atoms with Crippen molar-refractivity contribution in [2.75, 3.05) is 11.4 Å². The first-order valence-electron chi connectivity index (χ1n) is 5.62. The first-order chi connectivity index (χ1) is 8.90. The zero-order chi connectivity index (χ0) is 14.2. The van der Waals surface area contributed by atoms with Crippen molar-refractivity contribution in [1.82, 2.24) is 0 Å². The number of amides is 2. The Morgan fingerprint density at radius 1 is 1.63 bits per heavy atom. The Morgan fingerprint density at radius 3 is 2.89 bits per heavy atom. The fourth-order valence-corrected chi connectivity index (χ4v) is 2.13. The molecule has 0 radical (unpaired) electrons. The van der Waals surface area contributed by atoms with E-state index in [1.54, 1.807) is 19.1 Å². The van der Waals surface area contributed by atoms with Crippen molar-refractivity contribution in [3.05, 3.63) is 27.6 Å². The summed E-state index contributed by atoms with van der Waals surface area (Å²) in [4.78, 5) is 24.1. The summed E-state index contributed by atoms with van der Waals surface area (Å²) in [7, 11) is 0. The summed E-state index contributed by atoms with van der Waals surface area (Å²) in [6.45, 7) is 1.78. The Labute approximate surface area is 123 Å². The fourth-order valence-electron chi connectivity index (χ4n) is 1.79. The van der Waals surface area contributed by atoms with E-state index in [-0.39, 0.29) is 6.54 Å². The van der Waals surface area contributed by atoms with Crippen LogP contribution in [0.25, 0.3) is 0 Å². The number of hydrogen-bond donors (Lipinski definition) is 1. The third-order valence-corrected chi connectivity index (χ3v) is 3.93. The van der Waals surface area contributed by atoms with Gasteiger partial charge in [0.15, 0.2) is 0 Å². The molecule has 0 saturated carbocycles. The van der Waals surface area contributed by atoms with Gasteiger partial charge >= 0.3 is 6.09 Å². The van der Waals surface area contributed by atoms with Gasteiger partial charge in [-0.25, -0.2) is 9.18 Å². The number of carbonyl (C=O) groups excluding carboxylic acids is 2. The molecule has 2 amide bonds. The first kappa shape index (κ1) is 14.0. The van der Waals surface area contributed by atoms with E-state index in [9.17, 15) is 14.0 Å². The lowest BCUT2D eigenvalue weighted by molar-refractivity contribution is -0.123. The lowest BCUT2D eigenvalue weighted by Crippen LogP contribution is -2.34. The quantitative estimate of drug-likeness (QED) is 0.817. The van der Waals surface area contributed by atoms with Gasteiger partial charge in [0, 0.05) is 3.57 Å². The molecule has 1 fully saturated rings. The van der Waals surface area contributed by atoms with E-state index >= 15 is 0 Å². The second-order valence-electron chi connectivity index (χ2n) is 4.32. The average molecular weight is 378 g/mol. The number of rotatable bonds is 3. The molecule has 1 heterocycles. The van der Waals surface area contributed by atoms with E-state index in [2.05, 4.69) is 0 Å². The second kappa shape index (κ2) is 5.32. The molecule has 1 aliphatic rings. The van der Waals surface area contributed by atoms with Crippen LogP contribution in [0, 0.1) is 15.3 Å². The molecular weight excluding hydrogens is 366 g/mol. The van der Waals surface area contributed by atoms with Crippen molar-refractivity contribution in [2.45, 2.75) is 13.0 Å². The molecule has 19 heavy (non-hydrogen) atoms. The molecule has 1 aromatic carbocycles. The Bertz CT molecular complexity index is 538. The van der Waals surface area contributed by atoms with Crippen molar-refractivity contribution in [2.24, 2.45) is 11.7 Å². The maximum Gasteiger partial charge on any atom is 0.414 e. The Balaban J connectivity index is 2.20. The van der Waals surface area contributed by atoms with Crippen LogP contribution < -0.4 is 10.6 Å². The van der Waals surface area contributed by atoms with Crippen LogP contribution in [-0.2, 0) is 9.53 Å². The van der Waals surface area contributed by atoms with Crippen LogP contribution in [0.4, 0.5) is 14.9 Å². The van der Waals surface area contributed by atoms with Gasteiger partial charge in [-0.2, -0.15) is 0 Å². The number of cyclic esters (lactones) is 1. The molecule has 2 rings (SSSR count). The van der Waals surface area contributed by atoms with Crippen LogP contribution in [0.1, 0.15) is 6.92 Å². The predicted octanol–water partition coefficient (Wildman–Crippen LogP) is 1.88. The van der Waals surface area contributed by atoms with E-state index in [1.165, 1.54) is 11.0 Å². The minimum Gasteiger partial charge on any atom is -0.443 e. The van der Waals surface area contributed by atoms with Crippen LogP contribution >= 0.6 is 22.6 Å². The highest BCUT2D eigenvalue weighted by molar-refractivity contribution is 14.1. The largest absolute Gasteiger partial charge is 0.443 e. The Kier molecular flexibility index (Phi) is 3.93. The number of hydrogen-bond acceptors (Lipinski definition) is 3. The van der Waals surface area contributed by atoms with Gasteiger partial charge in [-0.1, -0.05) is 0 Å². The number of nitrogens with zero attached hydrogens (tertiary/aromatic N) is 1. The van der Waals surface area contributed by atoms with Crippen molar-refractivity contribution >= 4 is 40.3 Å². The zero-order valence-electron chi connectivity index (χ0n) is 10.1. The van der Waals surface area contributed by atoms with Crippen molar-refractivity contribution in [3.8, 4) is 0 Å². The highest BCUT2D eigenvalue weighted by atomic mass is 127. The predicted molar refractivity (Wildman–Crippen MR) is 75.1 cm³/mol. The minimum absolute atomic E-state index is 0.184. The molecule has 1 aliphatic heterocycles. The number of carbonyl (C=O) groups is 2. The maximum absolute atomic E-state index is 13.5. The molecule has 0 aromatic heterocycles. The van der Waals surface area contributed by atoms with Gasteiger partial charge in [0.05, 0.1) is 18.2 Å². The summed E-state index contributed by atoms with van der Waals surface area (Å²) in [6.07, 6.45) is -1.20. The molecular formula is C12H12FIN2O3. The maximum atomic E-state index is 13.5. The lowest BCUT2D eigenvalue weighted by atomic mass is 10.0. The van der Waals surface area contributed by atoms with Gasteiger partial charge in [0.1, 0.15) is 11.9 Å². The van der Waals surface area contributed by atoms with Gasteiger partial charge < -0.3 is 10.5 Å². The number of anilines is 1. The molecule has 0 bridgehead atoms. The number of ether oxygens (including phenoxy) is 1. The van der Waals surface area contributed by atoms with Gasteiger partial charge in [-0.05, 0) is 47.7 Å².